The molecule has 4 heteroatoms. The van der Waals surface area contributed by atoms with Crippen LogP contribution in [-0.4, -0.2) is 39.6 Å². The van der Waals surface area contributed by atoms with Gasteiger partial charge in [-0.15, -0.1) is 0 Å². The lowest BCUT2D eigenvalue weighted by Crippen LogP contribution is -2.67. The van der Waals surface area contributed by atoms with Gasteiger partial charge >= 0.3 is 8.72 Å². The van der Waals surface area contributed by atoms with E-state index in [9.17, 15) is 0 Å². The van der Waals surface area contributed by atoms with Gasteiger partial charge in [0.1, 0.15) is 0 Å². The van der Waals surface area contributed by atoms with Crippen LogP contribution >= 0.6 is 0 Å². The summed E-state index contributed by atoms with van der Waals surface area (Å²) < 4.78 is 15.4. The molecule has 0 spiro atoms. The van der Waals surface area contributed by atoms with E-state index in [1.807, 2.05) is 14.2 Å². The standard InChI is InChI=1S/C19H37NO2Si/c1-15-8-7-9-16(2)20(15)23(21-3,22-4)19-13-12-17-10-5-6-11-18(17)14-19/h15-19H,5-14H2,1-4H3. The normalized spacial score (nSPS) is 39.9. The first-order chi connectivity index (χ1) is 11.1. The molecule has 3 rings (SSSR count). The molecule has 3 fully saturated rings. The van der Waals surface area contributed by atoms with Crippen molar-refractivity contribution < 1.29 is 8.85 Å². The Kier molecular flexibility index (Phi) is 5.88. The van der Waals surface area contributed by atoms with Crippen molar-refractivity contribution in [3.63, 3.8) is 0 Å². The van der Waals surface area contributed by atoms with Gasteiger partial charge in [0.2, 0.25) is 0 Å². The summed E-state index contributed by atoms with van der Waals surface area (Å²) in [5.41, 5.74) is 0.653. The maximum absolute atomic E-state index is 6.33. The van der Waals surface area contributed by atoms with Crippen LogP contribution in [0.2, 0.25) is 5.54 Å². The Morgan fingerprint density at radius 3 is 1.96 bits per heavy atom. The van der Waals surface area contributed by atoms with Crippen molar-refractivity contribution in [2.45, 2.75) is 95.7 Å². The Balaban J connectivity index is 1.82. The van der Waals surface area contributed by atoms with Gasteiger partial charge in [0.15, 0.2) is 0 Å². The lowest BCUT2D eigenvalue weighted by molar-refractivity contribution is 0.0630. The Hall–Kier alpha value is 0.0969. The van der Waals surface area contributed by atoms with E-state index in [-0.39, 0.29) is 0 Å². The van der Waals surface area contributed by atoms with Crippen LogP contribution in [0.1, 0.15) is 78.1 Å². The molecule has 0 amide bonds. The molecular weight excluding hydrogens is 302 g/mol. The van der Waals surface area contributed by atoms with Crippen LogP contribution in [0.25, 0.3) is 0 Å². The van der Waals surface area contributed by atoms with E-state index in [4.69, 9.17) is 8.85 Å². The van der Waals surface area contributed by atoms with Gasteiger partial charge in [-0.25, -0.2) is 0 Å². The second-order valence-electron chi connectivity index (χ2n) is 8.39. The monoisotopic (exact) mass is 339 g/mol. The van der Waals surface area contributed by atoms with Gasteiger partial charge in [0.25, 0.3) is 0 Å². The average molecular weight is 340 g/mol. The molecule has 1 saturated heterocycles. The lowest BCUT2D eigenvalue weighted by Gasteiger charge is -2.53. The van der Waals surface area contributed by atoms with Gasteiger partial charge in [-0.3, -0.25) is 4.57 Å². The number of piperidine rings is 1. The molecule has 1 heterocycles. The summed E-state index contributed by atoms with van der Waals surface area (Å²) in [5.74, 6) is 1.94. The Morgan fingerprint density at radius 1 is 0.739 bits per heavy atom. The summed E-state index contributed by atoms with van der Waals surface area (Å²) in [6.07, 6.45) is 13.9. The molecule has 1 aliphatic heterocycles. The van der Waals surface area contributed by atoms with Crippen LogP contribution in [0.5, 0.6) is 0 Å². The lowest BCUT2D eigenvalue weighted by atomic mass is 9.71. The fourth-order valence-electron chi connectivity index (χ4n) is 6.08. The quantitative estimate of drug-likeness (QED) is 0.684. The van der Waals surface area contributed by atoms with E-state index in [0.717, 1.165) is 11.8 Å². The van der Waals surface area contributed by atoms with E-state index in [0.29, 0.717) is 17.6 Å². The number of hydrogen-bond donors (Lipinski definition) is 0. The summed E-state index contributed by atoms with van der Waals surface area (Å²) in [6, 6.07) is 1.21. The molecule has 0 aromatic rings. The average Bonchev–Trinajstić information content (AvgIpc) is 2.58. The molecule has 2 saturated carbocycles. The van der Waals surface area contributed by atoms with Gasteiger partial charge in [-0.1, -0.05) is 32.1 Å². The minimum atomic E-state index is -2.31. The summed E-state index contributed by atoms with van der Waals surface area (Å²) in [7, 11) is 1.54. The Bertz CT molecular complexity index is 378. The molecular formula is C19H37NO2Si. The first kappa shape index (κ1) is 17.9. The van der Waals surface area contributed by atoms with E-state index >= 15 is 0 Å². The summed E-state index contributed by atoms with van der Waals surface area (Å²) in [5, 5.41) is 0. The highest BCUT2D eigenvalue weighted by Crippen LogP contribution is 2.50. The van der Waals surface area contributed by atoms with Gasteiger partial charge in [0.05, 0.1) is 0 Å². The molecule has 2 aliphatic carbocycles. The van der Waals surface area contributed by atoms with E-state index < -0.39 is 8.72 Å². The summed E-state index contributed by atoms with van der Waals surface area (Å²) >= 11 is 0. The van der Waals surface area contributed by atoms with Gasteiger partial charge in [0, 0.05) is 31.8 Å². The third-order valence-corrected chi connectivity index (χ3v) is 11.5. The molecule has 3 nitrogen and oxygen atoms in total. The van der Waals surface area contributed by atoms with Crippen LogP contribution in [-0.2, 0) is 8.85 Å². The molecule has 134 valence electrons. The fourth-order valence-corrected chi connectivity index (χ4v) is 10.4. The van der Waals surface area contributed by atoms with Crippen LogP contribution in [0.15, 0.2) is 0 Å². The van der Waals surface area contributed by atoms with Crippen LogP contribution in [0.4, 0.5) is 0 Å². The smallest absolute Gasteiger partial charge is 0.386 e. The maximum Gasteiger partial charge on any atom is 0.430 e. The molecule has 23 heavy (non-hydrogen) atoms. The molecule has 3 aliphatic rings. The molecule has 5 unspecified atom stereocenters. The topological polar surface area (TPSA) is 21.7 Å². The van der Waals surface area contributed by atoms with Gasteiger partial charge < -0.3 is 8.85 Å². The zero-order valence-electron chi connectivity index (χ0n) is 15.7. The molecule has 0 aromatic heterocycles. The number of fused-ring (bicyclic) bond motifs is 1. The summed E-state index contributed by atoms with van der Waals surface area (Å²) in [4.78, 5) is 0. The maximum atomic E-state index is 6.33. The van der Waals surface area contributed by atoms with Crippen molar-refractivity contribution in [3.8, 4) is 0 Å². The van der Waals surface area contributed by atoms with Gasteiger partial charge in [-0.05, 0) is 57.8 Å². The molecule has 0 aromatic carbocycles. The van der Waals surface area contributed by atoms with Crippen LogP contribution < -0.4 is 0 Å². The Labute approximate surface area is 144 Å². The van der Waals surface area contributed by atoms with Crippen molar-refractivity contribution in [2.24, 2.45) is 11.8 Å². The number of hydrogen-bond acceptors (Lipinski definition) is 3. The molecule has 0 radical (unpaired) electrons. The second-order valence-corrected chi connectivity index (χ2v) is 11.8. The van der Waals surface area contributed by atoms with Crippen molar-refractivity contribution in [3.05, 3.63) is 0 Å². The number of rotatable bonds is 4. The van der Waals surface area contributed by atoms with Crippen molar-refractivity contribution in [1.29, 1.82) is 0 Å². The first-order valence-corrected chi connectivity index (χ1v) is 11.8. The fraction of sp³-hybridized carbons (Fsp3) is 1.00. The molecule has 0 bridgehead atoms. The van der Waals surface area contributed by atoms with Crippen molar-refractivity contribution in [2.75, 3.05) is 14.2 Å². The minimum absolute atomic E-state index is 0.606. The summed E-state index contributed by atoms with van der Waals surface area (Å²) in [6.45, 7) is 4.78. The van der Waals surface area contributed by atoms with Crippen LogP contribution in [0.3, 0.4) is 0 Å². The third kappa shape index (κ3) is 3.29. The third-order valence-electron chi connectivity index (χ3n) is 7.19. The highest BCUT2D eigenvalue weighted by Gasteiger charge is 2.56. The predicted octanol–water partition coefficient (Wildman–Crippen LogP) is 4.84. The van der Waals surface area contributed by atoms with Crippen molar-refractivity contribution in [1.82, 2.24) is 4.57 Å². The molecule has 5 atom stereocenters. The zero-order chi connectivity index (χ0) is 16.4. The largest absolute Gasteiger partial charge is 0.430 e. The van der Waals surface area contributed by atoms with Crippen LogP contribution in [0, 0.1) is 11.8 Å². The Morgan fingerprint density at radius 2 is 1.35 bits per heavy atom. The number of nitrogens with zero attached hydrogens (tertiary/aromatic N) is 1. The highest BCUT2D eigenvalue weighted by atomic mass is 28.4. The van der Waals surface area contributed by atoms with E-state index in [2.05, 4.69) is 18.4 Å². The predicted molar refractivity (Wildman–Crippen MR) is 97.4 cm³/mol. The molecule has 0 N–H and O–H groups in total. The van der Waals surface area contributed by atoms with E-state index in [1.165, 1.54) is 64.2 Å². The first-order valence-electron chi connectivity index (χ1n) is 10.0. The minimum Gasteiger partial charge on any atom is -0.386 e. The highest BCUT2D eigenvalue weighted by molar-refractivity contribution is 6.66. The second kappa shape index (κ2) is 7.55. The van der Waals surface area contributed by atoms with Crippen molar-refractivity contribution >= 4 is 8.72 Å². The van der Waals surface area contributed by atoms with E-state index in [1.54, 1.807) is 0 Å². The van der Waals surface area contributed by atoms with Gasteiger partial charge in [-0.2, -0.15) is 0 Å². The SMILES string of the molecule is CO[Si](OC)(C1CCC2CCCCC2C1)N1C(C)CCCC1C. The zero-order valence-corrected chi connectivity index (χ0v) is 16.7.